The van der Waals surface area contributed by atoms with Gasteiger partial charge in [0.15, 0.2) is 0 Å². The number of hydrogen-bond donors (Lipinski definition) is 1. The number of benzene rings is 1. The highest BCUT2D eigenvalue weighted by Crippen LogP contribution is 2.28. The molecular weight excluding hydrogens is 264 g/mol. The van der Waals surface area contributed by atoms with E-state index < -0.39 is 0 Å². The van der Waals surface area contributed by atoms with Gasteiger partial charge in [0.1, 0.15) is 0 Å². The van der Waals surface area contributed by atoms with Crippen molar-refractivity contribution < 1.29 is 0 Å². The predicted octanol–water partition coefficient (Wildman–Crippen LogP) is 3.62. The average molecular weight is 292 g/mol. The molecule has 20 heavy (non-hydrogen) atoms. The van der Waals surface area contributed by atoms with Crippen molar-refractivity contribution in [1.29, 1.82) is 0 Å². The van der Waals surface area contributed by atoms with Crippen LogP contribution in [0.15, 0.2) is 35.2 Å². The Hall–Kier alpha value is -0.510. The number of hydrogen-bond acceptors (Lipinski definition) is 3. The molecule has 2 atom stereocenters. The Kier molecular flexibility index (Phi) is 6.91. The number of nitrogens with two attached hydrogens (primary N) is 1. The lowest BCUT2D eigenvalue weighted by Crippen LogP contribution is -2.45. The fourth-order valence-corrected chi connectivity index (χ4v) is 4.21. The van der Waals surface area contributed by atoms with Crippen LogP contribution in [-0.2, 0) is 0 Å². The second kappa shape index (κ2) is 8.71. The minimum Gasteiger partial charge on any atom is -0.330 e. The largest absolute Gasteiger partial charge is 0.330 e. The zero-order valence-corrected chi connectivity index (χ0v) is 13.4. The smallest absolute Gasteiger partial charge is 0.0136 e. The SMILES string of the molecule is CCN(CCSc1ccccc1)C1CCCCC1CN. The molecule has 0 amide bonds. The summed E-state index contributed by atoms with van der Waals surface area (Å²) in [5.41, 5.74) is 5.97. The Morgan fingerprint density at radius 3 is 2.65 bits per heavy atom. The Morgan fingerprint density at radius 1 is 1.20 bits per heavy atom. The minimum absolute atomic E-state index is 0.713. The molecule has 0 bridgehead atoms. The fraction of sp³-hybridized carbons (Fsp3) is 0.647. The maximum atomic E-state index is 5.97. The number of rotatable bonds is 7. The van der Waals surface area contributed by atoms with Gasteiger partial charge in [-0.25, -0.2) is 0 Å². The summed E-state index contributed by atoms with van der Waals surface area (Å²) in [7, 11) is 0. The van der Waals surface area contributed by atoms with E-state index in [4.69, 9.17) is 5.73 Å². The molecule has 0 saturated heterocycles. The van der Waals surface area contributed by atoms with Crippen LogP contribution >= 0.6 is 11.8 Å². The van der Waals surface area contributed by atoms with Crippen LogP contribution in [0.1, 0.15) is 32.6 Å². The zero-order chi connectivity index (χ0) is 14.2. The standard InChI is InChI=1S/C17H28N2S/c1-2-19(17-11-7-6-8-15(17)14-18)12-13-20-16-9-4-3-5-10-16/h3-5,9-10,15,17H,2,6-8,11-14,18H2,1H3. The highest BCUT2D eigenvalue weighted by Gasteiger charge is 2.28. The van der Waals surface area contributed by atoms with Gasteiger partial charge in [-0.15, -0.1) is 11.8 Å². The maximum Gasteiger partial charge on any atom is 0.0136 e. The van der Waals surface area contributed by atoms with Gasteiger partial charge in [0.05, 0.1) is 0 Å². The van der Waals surface area contributed by atoms with Gasteiger partial charge < -0.3 is 5.73 Å². The van der Waals surface area contributed by atoms with E-state index in [1.165, 1.54) is 42.9 Å². The molecule has 1 aromatic carbocycles. The van der Waals surface area contributed by atoms with E-state index in [1.54, 1.807) is 0 Å². The van der Waals surface area contributed by atoms with Crippen LogP contribution in [0.3, 0.4) is 0 Å². The van der Waals surface area contributed by atoms with Crippen molar-refractivity contribution in [2.75, 3.05) is 25.4 Å². The van der Waals surface area contributed by atoms with Gasteiger partial charge in [0.2, 0.25) is 0 Å². The monoisotopic (exact) mass is 292 g/mol. The molecule has 2 rings (SSSR count). The molecule has 1 saturated carbocycles. The Bertz CT molecular complexity index is 369. The van der Waals surface area contributed by atoms with Gasteiger partial charge >= 0.3 is 0 Å². The maximum absolute atomic E-state index is 5.97. The first kappa shape index (κ1) is 15.9. The third-order valence-electron chi connectivity index (χ3n) is 4.44. The average Bonchev–Trinajstić information content (AvgIpc) is 2.53. The van der Waals surface area contributed by atoms with E-state index in [9.17, 15) is 0 Å². The molecule has 1 aliphatic rings. The molecular formula is C17H28N2S. The second-order valence-corrected chi connectivity index (χ2v) is 6.81. The molecule has 0 spiro atoms. The molecule has 1 aliphatic carbocycles. The van der Waals surface area contributed by atoms with Crippen LogP contribution in [0.4, 0.5) is 0 Å². The van der Waals surface area contributed by atoms with Gasteiger partial charge in [0, 0.05) is 23.2 Å². The van der Waals surface area contributed by atoms with E-state index in [-0.39, 0.29) is 0 Å². The van der Waals surface area contributed by atoms with Crippen LogP contribution in [0.25, 0.3) is 0 Å². The van der Waals surface area contributed by atoms with Crippen molar-refractivity contribution >= 4 is 11.8 Å². The molecule has 2 unspecified atom stereocenters. The Morgan fingerprint density at radius 2 is 1.95 bits per heavy atom. The van der Waals surface area contributed by atoms with E-state index in [2.05, 4.69) is 42.2 Å². The van der Waals surface area contributed by atoms with Gasteiger partial charge in [-0.05, 0) is 44.0 Å². The van der Waals surface area contributed by atoms with Crippen molar-refractivity contribution in [3.05, 3.63) is 30.3 Å². The molecule has 2 nitrogen and oxygen atoms in total. The first-order valence-corrected chi connectivity index (χ1v) is 8.95. The fourth-order valence-electron chi connectivity index (χ4n) is 3.30. The summed E-state index contributed by atoms with van der Waals surface area (Å²) in [5, 5.41) is 0. The van der Waals surface area contributed by atoms with Crippen LogP contribution in [0.5, 0.6) is 0 Å². The number of thioether (sulfide) groups is 1. The van der Waals surface area contributed by atoms with Crippen molar-refractivity contribution in [2.24, 2.45) is 11.7 Å². The molecule has 0 aromatic heterocycles. The van der Waals surface area contributed by atoms with Gasteiger partial charge in [-0.1, -0.05) is 38.0 Å². The van der Waals surface area contributed by atoms with Crippen molar-refractivity contribution in [2.45, 2.75) is 43.5 Å². The van der Waals surface area contributed by atoms with Crippen molar-refractivity contribution in [3.63, 3.8) is 0 Å². The summed E-state index contributed by atoms with van der Waals surface area (Å²) in [6, 6.07) is 11.4. The molecule has 1 fully saturated rings. The van der Waals surface area contributed by atoms with Crippen LogP contribution in [0.2, 0.25) is 0 Å². The molecule has 0 aliphatic heterocycles. The summed E-state index contributed by atoms with van der Waals surface area (Å²) in [4.78, 5) is 4.04. The molecule has 0 heterocycles. The quantitative estimate of drug-likeness (QED) is 0.778. The summed E-state index contributed by atoms with van der Waals surface area (Å²) >= 11 is 1.96. The highest BCUT2D eigenvalue weighted by molar-refractivity contribution is 7.99. The summed E-state index contributed by atoms with van der Waals surface area (Å²) in [6.45, 7) is 5.47. The molecule has 1 aromatic rings. The third-order valence-corrected chi connectivity index (χ3v) is 5.43. The molecule has 112 valence electrons. The van der Waals surface area contributed by atoms with E-state index in [0.29, 0.717) is 5.92 Å². The minimum atomic E-state index is 0.713. The summed E-state index contributed by atoms with van der Waals surface area (Å²) < 4.78 is 0. The lowest BCUT2D eigenvalue weighted by atomic mass is 9.83. The normalized spacial score (nSPS) is 23.1. The number of nitrogens with zero attached hydrogens (tertiary/aromatic N) is 1. The Labute approximate surface area is 128 Å². The first-order chi connectivity index (χ1) is 9.85. The van der Waals surface area contributed by atoms with Crippen LogP contribution in [0, 0.1) is 5.92 Å². The molecule has 2 N–H and O–H groups in total. The van der Waals surface area contributed by atoms with Crippen molar-refractivity contribution in [3.8, 4) is 0 Å². The zero-order valence-electron chi connectivity index (χ0n) is 12.6. The van der Waals surface area contributed by atoms with Gasteiger partial charge in [0.25, 0.3) is 0 Å². The van der Waals surface area contributed by atoms with Gasteiger partial charge in [-0.2, -0.15) is 0 Å². The topological polar surface area (TPSA) is 29.3 Å². The van der Waals surface area contributed by atoms with Crippen LogP contribution in [-0.4, -0.2) is 36.3 Å². The molecule has 0 radical (unpaired) electrons. The lowest BCUT2D eigenvalue weighted by Gasteiger charge is -2.39. The Balaban J connectivity index is 1.82. The summed E-state index contributed by atoms with van der Waals surface area (Å²) in [6.07, 6.45) is 5.41. The van der Waals surface area contributed by atoms with E-state index in [0.717, 1.165) is 19.1 Å². The lowest BCUT2D eigenvalue weighted by molar-refractivity contribution is 0.119. The summed E-state index contributed by atoms with van der Waals surface area (Å²) in [5.74, 6) is 1.89. The van der Waals surface area contributed by atoms with E-state index in [1.807, 2.05) is 11.8 Å². The highest BCUT2D eigenvalue weighted by atomic mass is 32.2. The van der Waals surface area contributed by atoms with Crippen LogP contribution < -0.4 is 5.73 Å². The van der Waals surface area contributed by atoms with Crippen molar-refractivity contribution in [1.82, 2.24) is 4.90 Å². The first-order valence-electron chi connectivity index (χ1n) is 7.97. The van der Waals surface area contributed by atoms with E-state index >= 15 is 0 Å². The predicted molar refractivity (Wildman–Crippen MR) is 89.2 cm³/mol. The van der Waals surface area contributed by atoms with Gasteiger partial charge in [-0.3, -0.25) is 4.90 Å². The molecule has 3 heteroatoms. The third kappa shape index (κ3) is 4.51. The second-order valence-electron chi connectivity index (χ2n) is 5.64.